The van der Waals surface area contributed by atoms with Crippen LogP contribution < -0.4 is 27.4 Å². The van der Waals surface area contributed by atoms with E-state index in [0.29, 0.717) is 37.1 Å². The average Bonchev–Trinajstić information content (AvgIpc) is 2.82. The molecule has 35 heavy (non-hydrogen) atoms. The van der Waals surface area contributed by atoms with Crippen LogP contribution in [-0.4, -0.2) is 76.6 Å². The van der Waals surface area contributed by atoms with Gasteiger partial charge in [-0.1, -0.05) is 12.1 Å². The molecule has 0 aliphatic heterocycles. The molecule has 0 saturated carbocycles. The molecule has 0 fully saturated rings. The van der Waals surface area contributed by atoms with Crippen LogP contribution in [-0.2, 0) is 25.6 Å². The van der Waals surface area contributed by atoms with Crippen molar-refractivity contribution >= 4 is 35.5 Å². The first kappa shape index (κ1) is 30.2. The summed E-state index contributed by atoms with van der Waals surface area (Å²) >= 11 is 1.56. The Morgan fingerprint density at radius 2 is 1.57 bits per heavy atom. The van der Waals surface area contributed by atoms with Crippen LogP contribution in [0.15, 0.2) is 24.3 Å². The molecule has 0 saturated heterocycles. The van der Waals surface area contributed by atoms with Gasteiger partial charge in [0.15, 0.2) is 0 Å². The van der Waals surface area contributed by atoms with Crippen molar-refractivity contribution in [2.75, 3.05) is 18.6 Å². The van der Waals surface area contributed by atoms with E-state index in [0.717, 1.165) is 0 Å². The summed E-state index contributed by atoms with van der Waals surface area (Å²) in [7, 11) is 0. The molecule has 12 heteroatoms. The fourth-order valence-electron chi connectivity index (χ4n) is 3.16. The van der Waals surface area contributed by atoms with Gasteiger partial charge in [-0.25, -0.2) is 4.79 Å². The Morgan fingerprint density at radius 3 is 2.14 bits per heavy atom. The maximum absolute atomic E-state index is 12.9. The Kier molecular flexibility index (Phi) is 13.8. The second-order valence-corrected chi connectivity index (χ2v) is 9.22. The Balaban J connectivity index is 2.83. The molecule has 0 aromatic heterocycles. The van der Waals surface area contributed by atoms with Crippen molar-refractivity contribution in [3.63, 3.8) is 0 Å². The van der Waals surface area contributed by atoms with Crippen LogP contribution in [0.3, 0.4) is 0 Å². The number of aromatic hydroxyl groups is 1. The number of amides is 3. The summed E-state index contributed by atoms with van der Waals surface area (Å²) in [5, 5.41) is 26.6. The van der Waals surface area contributed by atoms with Gasteiger partial charge in [0.05, 0.1) is 6.04 Å². The largest absolute Gasteiger partial charge is 0.508 e. The second-order valence-electron chi connectivity index (χ2n) is 8.23. The highest BCUT2D eigenvalue weighted by Crippen LogP contribution is 2.12. The minimum absolute atomic E-state index is 0.00872. The third kappa shape index (κ3) is 11.4. The summed E-state index contributed by atoms with van der Waals surface area (Å²) in [6, 6.07) is 2.02. The van der Waals surface area contributed by atoms with E-state index in [2.05, 4.69) is 16.0 Å². The van der Waals surface area contributed by atoms with Gasteiger partial charge in [-0.2, -0.15) is 11.8 Å². The van der Waals surface area contributed by atoms with Gasteiger partial charge in [0.25, 0.3) is 0 Å². The van der Waals surface area contributed by atoms with Crippen molar-refractivity contribution in [1.82, 2.24) is 16.0 Å². The molecule has 0 bridgehead atoms. The van der Waals surface area contributed by atoms with E-state index >= 15 is 0 Å². The standard InChI is InChI=1S/C23H37N5O6S/c1-14(26-21(31)17(25)10-12-35-2)20(30)27-18(5-3-4-11-24)22(32)28-19(23(33)34)13-15-6-8-16(29)9-7-15/h6-9,14,17-19,29H,3-5,10-13,24-25H2,1-2H3,(H,26,31)(H,27,30)(H,28,32)(H,33,34). The molecule has 4 unspecified atom stereocenters. The third-order valence-corrected chi connectivity index (χ3v) is 5.94. The van der Waals surface area contributed by atoms with Gasteiger partial charge in [0.2, 0.25) is 17.7 Å². The van der Waals surface area contributed by atoms with Crippen LogP contribution in [0.4, 0.5) is 0 Å². The molecule has 11 nitrogen and oxygen atoms in total. The third-order valence-electron chi connectivity index (χ3n) is 5.29. The molecule has 1 aromatic carbocycles. The van der Waals surface area contributed by atoms with E-state index in [9.17, 15) is 29.4 Å². The number of carboxylic acid groups (broad SMARTS) is 1. The average molecular weight is 512 g/mol. The summed E-state index contributed by atoms with van der Waals surface area (Å²) in [6.07, 6.45) is 3.75. The quantitative estimate of drug-likeness (QED) is 0.146. The van der Waals surface area contributed by atoms with Gasteiger partial charge in [-0.15, -0.1) is 0 Å². The molecule has 0 heterocycles. The molecule has 1 rings (SSSR count). The summed E-state index contributed by atoms with van der Waals surface area (Å²) in [4.78, 5) is 49.6. The van der Waals surface area contributed by atoms with Crippen molar-refractivity contribution in [2.24, 2.45) is 11.5 Å². The lowest BCUT2D eigenvalue weighted by molar-refractivity contribution is -0.142. The summed E-state index contributed by atoms with van der Waals surface area (Å²) in [5.74, 6) is -2.21. The highest BCUT2D eigenvalue weighted by Gasteiger charge is 2.28. The van der Waals surface area contributed by atoms with E-state index in [-0.39, 0.29) is 18.6 Å². The number of hydrogen-bond donors (Lipinski definition) is 7. The SMILES string of the molecule is CSCCC(N)C(=O)NC(C)C(=O)NC(CCCCN)C(=O)NC(Cc1ccc(O)cc1)C(=O)O. The van der Waals surface area contributed by atoms with Crippen molar-refractivity contribution < 1.29 is 29.4 Å². The minimum Gasteiger partial charge on any atom is -0.508 e. The summed E-state index contributed by atoms with van der Waals surface area (Å²) in [6.45, 7) is 1.88. The lowest BCUT2D eigenvalue weighted by Crippen LogP contribution is -2.56. The number of carbonyl (C=O) groups excluding carboxylic acids is 3. The predicted octanol–water partition coefficient (Wildman–Crippen LogP) is -0.297. The number of carbonyl (C=O) groups is 4. The Bertz CT molecular complexity index is 838. The molecule has 0 aliphatic carbocycles. The number of hydrogen-bond acceptors (Lipinski definition) is 8. The Morgan fingerprint density at radius 1 is 0.943 bits per heavy atom. The van der Waals surface area contributed by atoms with Gasteiger partial charge in [-0.3, -0.25) is 14.4 Å². The number of aliphatic carboxylic acids is 1. The van der Waals surface area contributed by atoms with Crippen LogP contribution in [0.25, 0.3) is 0 Å². The topological polar surface area (TPSA) is 197 Å². The number of phenols is 1. The van der Waals surface area contributed by atoms with Crippen molar-refractivity contribution in [3.8, 4) is 5.75 Å². The highest BCUT2D eigenvalue weighted by molar-refractivity contribution is 7.98. The van der Waals surface area contributed by atoms with Crippen LogP contribution in [0.2, 0.25) is 0 Å². The predicted molar refractivity (Wildman–Crippen MR) is 135 cm³/mol. The highest BCUT2D eigenvalue weighted by atomic mass is 32.2. The minimum atomic E-state index is -1.24. The molecule has 9 N–H and O–H groups in total. The molecule has 0 aliphatic rings. The number of nitrogens with two attached hydrogens (primary N) is 2. The van der Waals surface area contributed by atoms with Gasteiger partial charge in [0, 0.05) is 6.42 Å². The lowest BCUT2D eigenvalue weighted by Gasteiger charge is -2.24. The van der Waals surface area contributed by atoms with Crippen LogP contribution in [0, 0.1) is 0 Å². The molecule has 1 aromatic rings. The van der Waals surface area contributed by atoms with Crippen LogP contribution >= 0.6 is 11.8 Å². The molecule has 0 radical (unpaired) electrons. The van der Waals surface area contributed by atoms with E-state index in [1.807, 2.05) is 6.26 Å². The smallest absolute Gasteiger partial charge is 0.326 e. The molecule has 196 valence electrons. The second kappa shape index (κ2) is 16.0. The first-order valence-corrected chi connectivity index (χ1v) is 12.8. The fourth-order valence-corrected chi connectivity index (χ4v) is 3.65. The van der Waals surface area contributed by atoms with Gasteiger partial charge < -0.3 is 37.6 Å². The van der Waals surface area contributed by atoms with Crippen molar-refractivity contribution in [2.45, 2.75) is 63.2 Å². The van der Waals surface area contributed by atoms with Gasteiger partial charge in [0.1, 0.15) is 23.9 Å². The molecule has 4 atom stereocenters. The van der Waals surface area contributed by atoms with Gasteiger partial charge in [-0.05, 0) is 68.9 Å². The summed E-state index contributed by atoms with van der Waals surface area (Å²) in [5.41, 5.74) is 12.0. The number of benzene rings is 1. The van der Waals surface area contributed by atoms with Crippen LogP contribution in [0.1, 0.15) is 38.2 Å². The molecule has 3 amide bonds. The summed E-state index contributed by atoms with van der Waals surface area (Å²) < 4.78 is 0. The number of nitrogens with one attached hydrogen (secondary N) is 3. The molecule has 0 spiro atoms. The Hall–Kier alpha value is -2.83. The zero-order chi connectivity index (χ0) is 26.4. The number of thioether (sulfide) groups is 1. The lowest BCUT2D eigenvalue weighted by atomic mass is 10.0. The fraction of sp³-hybridized carbons (Fsp3) is 0.565. The molecular weight excluding hydrogens is 474 g/mol. The number of carboxylic acids is 1. The van der Waals surface area contributed by atoms with E-state index in [1.54, 1.807) is 23.9 Å². The Labute approximate surface area is 209 Å². The van der Waals surface area contributed by atoms with Crippen molar-refractivity contribution in [1.29, 1.82) is 0 Å². The number of rotatable bonds is 16. The maximum Gasteiger partial charge on any atom is 0.326 e. The van der Waals surface area contributed by atoms with E-state index in [4.69, 9.17) is 11.5 Å². The molecular formula is C23H37N5O6S. The van der Waals surface area contributed by atoms with E-state index < -0.39 is 47.9 Å². The van der Waals surface area contributed by atoms with Crippen LogP contribution in [0.5, 0.6) is 5.75 Å². The zero-order valence-corrected chi connectivity index (χ0v) is 21.0. The van der Waals surface area contributed by atoms with Crippen molar-refractivity contribution in [3.05, 3.63) is 29.8 Å². The maximum atomic E-state index is 12.9. The first-order valence-electron chi connectivity index (χ1n) is 11.4. The normalized spacial score (nSPS) is 14.3. The number of phenolic OH excluding ortho intramolecular Hbond substituents is 1. The monoisotopic (exact) mass is 511 g/mol. The first-order chi connectivity index (χ1) is 16.6. The van der Waals surface area contributed by atoms with E-state index in [1.165, 1.54) is 19.1 Å². The van der Waals surface area contributed by atoms with Gasteiger partial charge >= 0.3 is 5.97 Å². The number of unbranched alkanes of at least 4 members (excludes halogenated alkanes) is 1. The zero-order valence-electron chi connectivity index (χ0n) is 20.2.